The van der Waals surface area contributed by atoms with Crippen molar-refractivity contribution in [3.8, 4) is 11.8 Å². The fourth-order valence-electron chi connectivity index (χ4n) is 3.38. The number of nitrogens with zero attached hydrogens (tertiary/aromatic N) is 2. The fraction of sp³-hybridized carbons (Fsp3) is 0.125. The van der Waals surface area contributed by atoms with Gasteiger partial charge in [-0.1, -0.05) is 35.3 Å². The van der Waals surface area contributed by atoms with Gasteiger partial charge in [0.1, 0.15) is 11.6 Å². The Morgan fingerprint density at radius 3 is 2.50 bits per heavy atom. The number of nitrogens with one attached hydrogen (secondary N) is 1. The number of carbonyl (C=O) groups excluding carboxylic acids is 1. The maximum absolute atomic E-state index is 12.7. The molecular weight excluding hydrogens is 449 g/mol. The van der Waals surface area contributed by atoms with Crippen LogP contribution in [0.2, 0.25) is 10.0 Å². The van der Waals surface area contributed by atoms with Gasteiger partial charge in [-0.15, -0.1) is 0 Å². The van der Waals surface area contributed by atoms with Crippen LogP contribution in [-0.4, -0.2) is 21.6 Å². The quantitative estimate of drug-likeness (QED) is 0.357. The molecule has 1 amide bonds. The smallest absolute Gasteiger partial charge is 0.335 e. The number of hydrogen-bond acceptors (Lipinski definition) is 3. The van der Waals surface area contributed by atoms with Crippen LogP contribution in [0.4, 0.5) is 5.69 Å². The molecule has 0 saturated carbocycles. The number of carboxylic acids is 1. The van der Waals surface area contributed by atoms with Crippen molar-refractivity contribution in [2.24, 2.45) is 0 Å². The molecule has 6 nitrogen and oxygen atoms in total. The molecule has 2 aromatic carbocycles. The Morgan fingerprint density at radius 1 is 1.12 bits per heavy atom. The van der Waals surface area contributed by atoms with Crippen LogP contribution in [0.3, 0.4) is 0 Å². The highest BCUT2D eigenvalue weighted by Crippen LogP contribution is 2.30. The third-order valence-corrected chi connectivity index (χ3v) is 5.85. The highest BCUT2D eigenvalue weighted by molar-refractivity contribution is 6.44. The van der Waals surface area contributed by atoms with E-state index < -0.39 is 11.9 Å². The molecule has 0 atom stereocenters. The molecule has 0 unspecified atom stereocenters. The zero-order valence-corrected chi connectivity index (χ0v) is 19.0. The van der Waals surface area contributed by atoms with E-state index >= 15 is 0 Å². The number of aromatic nitrogens is 1. The number of halogens is 2. The zero-order valence-electron chi connectivity index (χ0n) is 17.5. The lowest BCUT2D eigenvalue weighted by atomic mass is 10.1. The summed E-state index contributed by atoms with van der Waals surface area (Å²) in [6.45, 7) is 5.60. The molecule has 2 N–H and O–H groups in total. The average Bonchev–Trinajstić information content (AvgIpc) is 3.02. The number of carbonyl (C=O) groups is 2. The second kappa shape index (κ2) is 9.31. The van der Waals surface area contributed by atoms with Gasteiger partial charge in [0.2, 0.25) is 0 Å². The second-order valence-electron chi connectivity index (χ2n) is 7.19. The van der Waals surface area contributed by atoms with E-state index in [-0.39, 0.29) is 21.2 Å². The van der Waals surface area contributed by atoms with Crippen LogP contribution in [0.15, 0.2) is 48.0 Å². The van der Waals surface area contributed by atoms with Gasteiger partial charge >= 0.3 is 5.97 Å². The summed E-state index contributed by atoms with van der Waals surface area (Å²) >= 11 is 12.1. The standard InChI is InChI=1S/C24H19Cl2N3O3/c1-13-7-8-16(24(31)32)11-21(13)29-14(2)9-17(15(29)3)10-18(12-27)23(30)28-20-6-4-5-19(25)22(20)26/h4-11H,1-3H3,(H,28,30)(H,31,32)/b18-10-. The minimum absolute atomic E-state index is 0.114. The molecule has 3 rings (SSSR count). The number of hydrogen-bond donors (Lipinski definition) is 2. The molecule has 0 aliphatic heterocycles. The van der Waals surface area contributed by atoms with Gasteiger partial charge in [0, 0.05) is 17.1 Å². The van der Waals surface area contributed by atoms with Crippen LogP contribution >= 0.6 is 23.2 Å². The Bertz CT molecular complexity index is 1320. The molecule has 32 heavy (non-hydrogen) atoms. The molecule has 8 heteroatoms. The van der Waals surface area contributed by atoms with Crippen molar-refractivity contribution in [3.63, 3.8) is 0 Å². The van der Waals surface area contributed by atoms with Crippen LogP contribution in [0.25, 0.3) is 11.8 Å². The van der Waals surface area contributed by atoms with E-state index in [2.05, 4.69) is 5.32 Å². The number of carboxylic acid groups (broad SMARTS) is 1. The van der Waals surface area contributed by atoms with E-state index in [9.17, 15) is 20.0 Å². The topological polar surface area (TPSA) is 95.1 Å². The molecule has 3 aromatic rings. The summed E-state index contributed by atoms with van der Waals surface area (Å²) in [5.74, 6) is -1.64. The summed E-state index contributed by atoms with van der Waals surface area (Å²) in [5.41, 5.74) is 4.21. The molecule has 0 spiro atoms. The van der Waals surface area contributed by atoms with Crippen molar-refractivity contribution in [2.45, 2.75) is 20.8 Å². The van der Waals surface area contributed by atoms with Gasteiger partial charge in [-0.3, -0.25) is 4.79 Å². The number of aryl methyl sites for hydroxylation is 2. The first-order chi connectivity index (χ1) is 15.1. The molecule has 0 aliphatic rings. The highest BCUT2D eigenvalue weighted by Gasteiger charge is 2.17. The summed E-state index contributed by atoms with van der Waals surface area (Å²) in [6.07, 6.45) is 1.49. The first-order valence-corrected chi connectivity index (χ1v) is 10.3. The second-order valence-corrected chi connectivity index (χ2v) is 7.98. The molecule has 1 aromatic heterocycles. The van der Waals surface area contributed by atoms with Crippen LogP contribution in [0.1, 0.15) is 32.9 Å². The first kappa shape index (κ1) is 23.1. The van der Waals surface area contributed by atoms with E-state index in [0.717, 1.165) is 17.0 Å². The number of nitriles is 1. The lowest BCUT2D eigenvalue weighted by Gasteiger charge is -2.13. The molecule has 0 saturated heterocycles. The maximum atomic E-state index is 12.7. The molecule has 1 heterocycles. The summed E-state index contributed by atoms with van der Waals surface area (Å²) < 4.78 is 1.90. The van der Waals surface area contributed by atoms with Gasteiger partial charge in [0.05, 0.1) is 21.3 Å². The minimum atomic E-state index is -1.02. The normalized spacial score (nSPS) is 11.2. The van der Waals surface area contributed by atoms with Gasteiger partial charge in [0.15, 0.2) is 0 Å². The number of amides is 1. The lowest BCUT2D eigenvalue weighted by Crippen LogP contribution is -2.13. The summed E-state index contributed by atoms with van der Waals surface area (Å²) in [4.78, 5) is 24.1. The van der Waals surface area contributed by atoms with E-state index in [1.165, 1.54) is 6.08 Å². The molecule has 0 radical (unpaired) electrons. The molecule has 162 valence electrons. The van der Waals surface area contributed by atoms with Crippen molar-refractivity contribution in [1.82, 2.24) is 4.57 Å². The van der Waals surface area contributed by atoms with Crippen molar-refractivity contribution in [2.75, 3.05) is 5.32 Å². The Hall–Kier alpha value is -3.53. The Balaban J connectivity index is 2.01. The van der Waals surface area contributed by atoms with Gasteiger partial charge in [0.25, 0.3) is 5.91 Å². The summed E-state index contributed by atoms with van der Waals surface area (Å²) in [5, 5.41) is 22.0. The van der Waals surface area contributed by atoms with Crippen LogP contribution in [0.5, 0.6) is 0 Å². The van der Waals surface area contributed by atoms with E-state index in [1.807, 2.05) is 37.5 Å². The monoisotopic (exact) mass is 467 g/mol. The fourth-order valence-corrected chi connectivity index (χ4v) is 3.73. The third-order valence-electron chi connectivity index (χ3n) is 5.03. The highest BCUT2D eigenvalue weighted by atomic mass is 35.5. The van der Waals surface area contributed by atoms with E-state index in [1.54, 1.807) is 36.4 Å². The average molecular weight is 468 g/mol. The van der Waals surface area contributed by atoms with Crippen molar-refractivity contribution in [3.05, 3.63) is 86.2 Å². The minimum Gasteiger partial charge on any atom is -0.478 e. The Morgan fingerprint density at radius 2 is 1.84 bits per heavy atom. The van der Waals surface area contributed by atoms with Gasteiger partial charge in [-0.05, 0) is 68.3 Å². The van der Waals surface area contributed by atoms with Crippen molar-refractivity contribution >= 4 is 46.8 Å². The Kier molecular flexibility index (Phi) is 6.73. The Labute approximate surface area is 195 Å². The molecular formula is C24H19Cl2N3O3. The van der Waals surface area contributed by atoms with Crippen LogP contribution in [0, 0.1) is 32.1 Å². The largest absolute Gasteiger partial charge is 0.478 e. The number of benzene rings is 2. The third kappa shape index (κ3) is 4.54. The van der Waals surface area contributed by atoms with Gasteiger partial charge in [-0.25, -0.2) is 4.79 Å². The lowest BCUT2D eigenvalue weighted by molar-refractivity contribution is -0.112. The molecule has 0 bridgehead atoms. The van der Waals surface area contributed by atoms with Gasteiger partial charge in [-0.2, -0.15) is 5.26 Å². The van der Waals surface area contributed by atoms with Crippen molar-refractivity contribution in [1.29, 1.82) is 5.26 Å². The molecule has 0 fully saturated rings. The SMILES string of the molecule is Cc1ccc(C(=O)O)cc1-n1c(C)cc(/C=C(/C#N)C(=O)Nc2cccc(Cl)c2Cl)c1C. The van der Waals surface area contributed by atoms with Crippen LogP contribution < -0.4 is 5.32 Å². The summed E-state index contributed by atoms with van der Waals surface area (Å²) in [6, 6.07) is 13.5. The maximum Gasteiger partial charge on any atom is 0.335 e. The predicted molar refractivity (Wildman–Crippen MR) is 126 cm³/mol. The zero-order chi connectivity index (χ0) is 23.6. The van der Waals surface area contributed by atoms with E-state index in [4.69, 9.17) is 23.2 Å². The van der Waals surface area contributed by atoms with Crippen molar-refractivity contribution < 1.29 is 14.7 Å². The number of aromatic carboxylic acids is 1. The first-order valence-electron chi connectivity index (χ1n) is 9.54. The van der Waals surface area contributed by atoms with Gasteiger partial charge < -0.3 is 15.0 Å². The van der Waals surface area contributed by atoms with Crippen LogP contribution in [-0.2, 0) is 4.79 Å². The van der Waals surface area contributed by atoms with E-state index in [0.29, 0.717) is 16.9 Å². The molecule has 0 aliphatic carbocycles. The predicted octanol–water partition coefficient (Wildman–Crippen LogP) is 5.95. The summed E-state index contributed by atoms with van der Waals surface area (Å²) in [7, 11) is 0. The number of anilines is 1. The number of rotatable bonds is 5.